The lowest BCUT2D eigenvalue weighted by Crippen LogP contribution is -2.62. The first-order valence-corrected chi connectivity index (χ1v) is 10.7. The summed E-state index contributed by atoms with van der Waals surface area (Å²) in [5, 5.41) is 24.8. The van der Waals surface area contributed by atoms with Crippen molar-refractivity contribution in [3.05, 3.63) is 16.9 Å². The van der Waals surface area contributed by atoms with Crippen LogP contribution in [-0.4, -0.2) is 90.9 Å². The third-order valence-corrected chi connectivity index (χ3v) is 7.67. The Bertz CT molecular complexity index is 902. The van der Waals surface area contributed by atoms with Crippen LogP contribution in [0.1, 0.15) is 26.3 Å². The topological polar surface area (TPSA) is 134 Å². The zero-order chi connectivity index (χ0) is 21.7. The van der Waals surface area contributed by atoms with Crippen LogP contribution in [0, 0.1) is 11.8 Å². The molecule has 3 aliphatic heterocycles. The predicted molar refractivity (Wildman–Crippen MR) is 107 cm³/mol. The van der Waals surface area contributed by atoms with E-state index >= 15 is 0 Å². The van der Waals surface area contributed by atoms with Crippen LogP contribution in [0.25, 0.3) is 0 Å². The number of tetrazole rings is 1. The van der Waals surface area contributed by atoms with Gasteiger partial charge in [-0.15, -0.1) is 22.0 Å². The molecule has 162 valence electrons. The fraction of sp³-hybridized carbons (Fsp3) is 0.667. The van der Waals surface area contributed by atoms with Crippen LogP contribution in [0.4, 0.5) is 0 Å². The number of carboxylic acid groups (broad SMARTS) is 1. The Labute approximate surface area is 177 Å². The molecule has 0 bridgehead atoms. The van der Waals surface area contributed by atoms with Gasteiger partial charge in [-0.25, -0.2) is 4.79 Å². The number of fused-ring (bicyclic) bond motifs is 1. The number of nitrogens with zero attached hydrogens (tertiary/aromatic N) is 6. The van der Waals surface area contributed by atoms with E-state index in [1.807, 2.05) is 13.8 Å². The van der Waals surface area contributed by atoms with E-state index in [2.05, 4.69) is 20.7 Å². The largest absolute Gasteiger partial charge is 0.477 e. The van der Waals surface area contributed by atoms with Gasteiger partial charge in [0.05, 0.1) is 24.0 Å². The van der Waals surface area contributed by atoms with Crippen LogP contribution < -0.4 is 5.32 Å². The van der Waals surface area contributed by atoms with E-state index in [1.165, 1.54) is 27.8 Å². The molecule has 0 radical (unpaired) electrons. The average molecular weight is 436 g/mol. The van der Waals surface area contributed by atoms with E-state index in [0.717, 1.165) is 0 Å². The van der Waals surface area contributed by atoms with E-state index in [9.17, 15) is 19.5 Å². The van der Waals surface area contributed by atoms with Crippen LogP contribution in [0.15, 0.2) is 16.9 Å². The normalized spacial score (nSPS) is 31.5. The molecule has 4 heterocycles. The first-order valence-electron chi connectivity index (χ1n) is 9.86. The van der Waals surface area contributed by atoms with Crippen LogP contribution in [-0.2, 0) is 14.4 Å². The standard InChI is InChI=1S/C18H25N7O4S/c1-8-13-12(9(2)25-21-7-20-22-25)17(27)24(13)14(18(28)29)15(8)30-10-5-11(19-6-10)16(26)23(3)4/h7-13,19H,5-6H2,1-4H3,(H,28,29)/t8-,9-,10+,11+,12-,13-/m1/s1. The monoisotopic (exact) mass is 435 g/mol. The Hall–Kier alpha value is -2.47. The summed E-state index contributed by atoms with van der Waals surface area (Å²) in [6.07, 6.45) is 1.93. The molecule has 2 fully saturated rings. The molecule has 2 N–H and O–H groups in total. The Kier molecular flexibility index (Phi) is 5.30. The fourth-order valence-electron chi connectivity index (χ4n) is 4.66. The average Bonchev–Trinajstić information content (AvgIpc) is 3.42. The van der Waals surface area contributed by atoms with E-state index in [0.29, 0.717) is 17.9 Å². The number of amides is 2. The molecule has 30 heavy (non-hydrogen) atoms. The molecular formula is C18H25N7O4S. The maximum absolute atomic E-state index is 12.9. The summed E-state index contributed by atoms with van der Waals surface area (Å²) in [5.74, 6) is -1.85. The van der Waals surface area contributed by atoms with Gasteiger partial charge < -0.3 is 20.2 Å². The maximum Gasteiger partial charge on any atom is 0.353 e. The Morgan fingerprint density at radius 3 is 2.73 bits per heavy atom. The summed E-state index contributed by atoms with van der Waals surface area (Å²) >= 11 is 1.47. The Balaban J connectivity index is 1.53. The van der Waals surface area contributed by atoms with Crippen LogP contribution in [0.3, 0.4) is 0 Å². The first-order chi connectivity index (χ1) is 14.2. The van der Waals surface area contributed by atoms with Crippen molar-refractivity contribution < 1.29 is 19.5 Å². The number of likely N-dealkylation sites (N-methyl/N-ethyl adjacent to an activating group) is 1. The van der Waals surface area contributed by atoms with Gasteiger partial charge >= 0.3 is 5.97 Å². The van der Waals surface area contributed by atoms with Gasteiger partial charge in [-0.2, -0.15) is 4.80 Å². The first kappa shape index (κ1) is 20.8. The molecule has 3 aliphatic rings. The van der Waals surface area contributed by atoms with Crippen LogP contribution in [0.5, 0.6) is 0 Å². The summed E-state index contributed by atoms with van der Waals surface area (Å²) < 4.78 is 0. The second-order valence-electron chi connectivity index (χ2n) is 8.20. The molecule has 2 amide bonds. The molecule has 12 heteroatoms. The van der Waals surface area contributed by atoms with Gasteiger partial charge in [0.2, 0.25) is 11.8 Å². The van der Waals surface area contributed by atoms with Gasteiger partial charge in [0.15, 0.2) is 6.33 Å². The summed E-state index contributed by atoms with van der Waals surface area (Å²) in [5.41, 5.74) is 0.0693. The van der Waals surface area contributed by atoms with Gasteiger partial charge in [0.25, 0.3) is 0 Å². The minimum Gasteiger partial charge on any atom is -0.477 e. The van der Waals surface area contributed by atoms with Crippen molar-refractivity contribution in [3.63, 3.8) is 0 Å². The zero-order valence-electron chi connectivity index (χ0n) is 17.2. The smallest absolute Gasteiger partial charge is 0.353 e. The van der Waals surface area contributed by atoms with Crippen molar-refractivity contribution >= 4 is 29.5 Å². The summed E-state index contributed by atoms with van der Waals surface area (Å²) in [6.45, 7) is 4.42. The Morgan fingerprint density at radius 1 is 1.40 bits per heavy atom. The number of hydrogen-bond donors (Lipinski definition) is 2. The number of β-lactam (4-membered cyclic amide) rings is 1. The zero-order valence-corrected chi connectivity index (χ0v) is 18.0. The van der Waals surface area contributed by atoms with E-state index < -0.39 is 11.9 Å². The quantitative estimate of drug-likeness (QED) is 0.570. The van der Waals surface area contributed by atoms with Crippen LogP contribution in [0.2, 0.25) is 0 Å². The van der Waals surface area contributed by atoms with E-state index in [-0.39, 0.29) is 46.8 Å². The molecule has 2 saturated heterocycles. The van der Waals surface area contributed by atoms with Gasteiger partial charge in [0.1, 0.15) is 5.70 Å². The summed E-state index contributed by atoms with van der Waals surface area (Å²) in [4.78, 5) is 42.3. The van der Waals surface area contributed by atoms with Crippen molar-refractivity contribution in [3.8, 4) is 0 Å². The molecule has 0 aliphatic carbocycles. The molecule has 1 aromatic heterocycles. The number of carbonyl (C=O) groups is 3. The Morgan fingerprint density at radius 2 is 2.13 bits per heavy atom. The molecule has 0 saturated carbocycles. The minimum absolute atomic E-state index is 0.0122. The molecule has 0 aromatic carbocycles. The van der Waals surface area contributed by atoms with Gasteiger partial charge in [-0.3, -0.25) is 9.59 Å². The molecule has 6 atom stereocenters. The number of carbonyl (C=O) groups excluding carboxylic acids is 2. The fourth-order valence-corrected chi connectivity index (χ4v) is 6.14. The van der Waals surface area contributed by atoms with Crippen molar-refractivity contribution in [2.75, 3.05) is 20.6 Å². The molecular weight excluding hydrogens is 410 g/mol. The van der Waals surface area contributed by atoms with E-state index in [4.69, 9.17) is 0 Å². The second kappa shape index (κ2) is 7.65. The SMILES string of the molecule is C[C@H]([C@H]1C(=O)N2C(C(=O)O)=C(S[C@@H]3CN[C@H](C(=O)N(C)C)C3)[C@H](C)[C@H]12)n1ncnn1. The molecule has 0 spiro atoms. The van der Waals surface area contributed by atoms with Gasteiger partial charge in [-0.1, -0.05) is 6.92 Å². The highest BCUT2D eigenvalue weighted by molar-refractivity contribution is 8.03. The number of carboxylic acids is 1. The predicted octanol–water partition coefficient (Wildman–Crippen LogP) is -0.441. The van der Waals surface area contributed by atoms with E-state index in [1.54, 1.807) is 19.0 Å². The summed E-state index contributed by atoms with van der Waals surface area (Å²) in [7, 11) is 3.44. The lowest BCUT2D eigenvalue weighted by Gasteiger charge is -2.47. The highest BCUT2D eigenvalue weighted by atomic mass is 32.2. The minimum atomic E-state index is -1.10. The summed E-state index contributed by atoms with van der Waals surface area (Å²) in [6, 6.07) is -0.841. The number of nitrogens with one attached hydrogen (secondary N) is 1. The second-order valence-corrected chi connectivity index (χ2v) is 9.54. The number of aliphatic carboxylic acids is 1. The number of hydrogen-bond acceptors (Lipinski definition) is 8. The lowest BCUT2D eigenvalue weighted by atomic mass is 9.78. The molecule has 0 unspecified atom stereocenters. The molecule has 1 aromatic rings. The highest BCUT2D eigenvalue weighted by Crippen LogP contribution is 2.53. The van der Waals surface area contributed by atoms with Crippen molar-refractivity contribution in [1.29, 1.82) is 0 Å². The van der Waals surface area contributed by atoms with Crippen LogP contribution >= 0.6 is 11.8 Å². The van der Waals surface area contributed by atoms with Crippen molar-refractivity contribution in [2.45, 2.75) is 43.6 Å². The number of aromatic nitrogens is 4. The number of thioether (sulfide) groups is 1. The van der Waals surface area contributed by atoms with Gasteiger partial charge in [0, 0.05) is 36.7 Å². The maximum atomic E-state index is 12.9. The van der Waals surface area contributed by atoms with Crippen molar-refractivity contribution in [1.82, 2.24) is 35.3 Å². The molecule has 11 nitrogen and oxygen atoms in total. The molecule has 4 rings (SSSR count). The highest BCUT2D eigenvalue weighted by Gasteiger charge is 2.61. The van der Waals surface area contributed by atoms with Crippen molar-refractivity contribution in [2.24, 2.45) is 11.8 Å². The lowest BCUT2D eigenvalue weighted by molar-refractivity contribution is -0.159. The van der Waals surface area contributed by atoms with Gasteiger partial charge in [-0.05, 0) is 18.6 Å². The third-order valence-electron chi connectivity index (χ3n) is 6.16. The third kappa shape index (κ3) is 3.18. The number of rotatable bonds is 6.